The van der Waals surface area contributed by atoms with Crippen molar-refractivity contribution in [2.24, 2.45) is 0 Å². The molecule has 26 heavy (non-hydrogen) atoms. The molecule has 0 spiro atoms. The molecule has 0 saturated heterocycles. The number of carbonyl (C=O) groups excluding carboxylic acids is 1. The van der Waals surface area contributed by atoms with Crippen LogP contribution >= 0.6 is 0 Å². The first-order valence-electron chi connectivity index (χ1n) is 9.40. The van der Waals surface area contributed by atoms with Crippen molar-refractivity contribution in [1.82, 2.24) is 25.3 Å². The van der Waals surface area contributed by atoms with Crippen LogP contribution in [0.4, 0.5) is 5.95 Å². The van der Waals surface area contributed by atoms with Crippen LogP contribution < -0.4 is 11.1 Å². The lowest BCUT2D eigenvalue weighted by Gasteiger charge is -2.17. The summed E-state index contributed by atoms with van der Waals surface area (Å²) < 4.78 is 0. The molecule has 0 aromatic carbocycles. The average Bonchev–Trinajstić information content (AvgIpc) is 3.10. The molecule has 2 aromatic heterocycles. The van der Waals surface area contributed by atoms with Crippen LogP contribution in [0.3, 0.4) is 0 Å². The summed E-state index contributed by atoms with van der Waals surface area (Å²) in [5.41, 5.74) is 11.6. The van der Waals surface area contributed by atoms with Crippen molar-refractivity contribution < 1.29 is 4.79 Å². The quantitative estimate of drug-likeness (QED) is 0.863. The van der Waals surface area contributed by atoms with Crippen molar-refractivity contribution in [2.75, 3.05) is 12.3 Å². The number of nitrogens with two attached hydrogens (primary N) is 1. The third-order valence-corrected chi connectivity index (χ3v) is 5.24. The van der Waals surface area contributed by atoms with Gasteiger partial charge in [0.1, 0.15) is 11.5 Å². The molecule has 4 rings (SSSR count). The molecule has 0 radical (unpaired) electrons. The topological polar surface area (TPSA) is 107 Å². The maximum atomic E-state index is 12.6. The molecule has 3 N–H and O–H groups in total. The lowest BCUT2D eigenvalue weighted by molar-refractivity contribution is 0.0947. The summed E-state index contributed by atoms with van der Waals surface area (Å²) in [6.45, 7) is 2.53. The van der Waals surface area contributed by atoms with Gasteiger partial charge in [-0.15, -0.1) is 0 Å². The molecule has 2 aliphatic rings. The first kappa shape index (κ1) is 16.9. The summed E-state index contributed by atoms with van der Waals surface area (Å²) >= 11 is 0. The summed E-state index contributed by atoms with van der Waals surface area (Å²) in [7, 11) is 0. The van der Waals surface area contributed by atoms with E-state index in [1.165, 1.54) is 11.3 Å². The zero-order valence-electron chi connectivity index (χ0n) is 15.1. The number of anilines is 1. The second kappa shape index (κ2) is 6.97. The number of hydrogen-bond donors (Lipinski definition) is 2. The summed E-state index contributed by atoms with van der Waals surface area (Å²) in [5, 5.41) is 2.95. The third-order valence-electron chi connectivity index (χ3n) is 5.24. The molecule has 0 aliphatic heterocycles. The Balaban J connectivity index is 1.44. The molecule has 2 aromatic rings. The van der Waals surface area contributed by atoms with E-state index in [9.17, 15) is 4.79 Å². The van der Waals surface area contributed by atoms with E-state index in [0.29, 0.717) is 18.7 Å². The van der Waals surface area contributed by atoms with Gasteiger partial charge in [0.15, 0.2) is 0 Å². The van der Waals surface area contributed by atoms with Crippen LogP contribution in [-0.2, 0) is 32.1 Å². The fraction of sp³-hybridized carbons (Fsp3) is 0.526. The van der Waals surface area contributed by atoms with Gasteiger partial charge < -0.3 is 11.1 Å². The van der Waals surface area contributed by atoms with Crippen molar-refractivity contribution in [3.63, 3.8) is 0 Å². The Hall–Kier alpha value is -2.57. The average molecular weight is 352 g/mol. The molecule has 7 nitrogen and oxygen atoms in total. The number of carbonyl (C=O) groups is 1. The molecule has 7 heteroatoms. The van der Waals surface area contributed by atoms with Crippen LogP contribution in [-0.4, -0.2) is 32.4 Å². The fourth-order valence-corrected chi connectivity index (χ4v) is 3.97. The molecule has 0 unspecified atom stereocenters. The number of hydrogen-bond acceptors (Lipinski definition) is 6. The zero-order valence-corrected chi connectivity index (χ0v) is 15.1. The second-order valence-corrected chi connectivity index (χ2v) is 7.07. The minimum Gasteiger partial charge on any atom is -0.368 e. The molecule has 1 amide bonds. The smallest absolute Gasteiger partial charge is 0.270 e. The van der Waals surface area contributed by atoms with Crippen LogP contribution in [0, 0.1) is 6.92 Å². The molecule has 136 valence electrons. The molecule has 0 saturated carbocycles. The Morgan fingerprint density at radius 2 is 1.69 bits per heavy atom. The number of aryl methyl sites for hydroxylation is 3. The Bertz CT molecular complexity index is 864. The van der Waals surface area contributed by atoms with Gasteiger partial charge in [-0.2, -0.15) is 0 Å². The normalized spacial score (nSPS) is 15.4. The van der Waals surface area contributed by atoms with Crippen molar-refractivity contribution in [1.29, 1.82) is 0 Å². The van der Waals surface area contributed by atoms with Crippen LogP contribution in [0.15, 0.2) is 0 Å². The number of fused-ring (bicyclic) bond motifs is 2. The van der Waals surface area contributed by atoms with E-state index in [1.54, 1.807) is 0 Å². The minimum atomic E-state index is -0.185. The van der Waals surface area contributed by atoms with Gasteiger partial charge in [-0.3, -0.25) is 4.79 Å². The largest absolute Gasteiger partial charge is 0.368 e. The Kier molecular flexibility index (Phi) is 4.53. The molecule has 2 aliphatic carbocycles. The predicted octanol–water partition coefficient (Wildman–Crippen LogP) is 1.50. The Morgan fingerprint density at radius 1 is 0.962 bits per heavy atom. The third kappa shape index (κ3) is 3.25. The van der Waals surface area contributed by atoms with Crippen LogP contribution in [0.2, 0.25) is 0 Å². The zero-order chi connectivity index (χ0) is 18.1. The van der Waals surface area contributed by atoms with Crippen molar-refractivity contribution in [3.8, 4) is 0 Å². The second-order valence-electron chi connectivity index (χ2n) is 7.07. The van der Waals surface area contributed by atoms with Crippen LogP contribution in [0.1, 0.15) is 63.8 Å². The number of nitrogens with zero attached hydrogens (tertiary/aromatic N) is 4. The lowest BCUT2D eigenvalue weighted by Crippen LogP contribution is -2.30. The summed E-state index contributed by atoms with van der Waals surface area (Å²) in [6.07, 6.45) is 7.73. The highest BCUT2D eigenvalue weighted by Gasteiger charge is 2.22. The van der Waals surface area contributed by atoms with Gasteiger partial charge in [-0.1, -0.05) is 0 Å². The Morgan fingerprint density at radius 3 is 2.58 bits per heavy atom. The maximum absolute atomic E-state index is 12.6. The summed E-state index contributed by atoms with van der Waals surface area (Å²) in [5.74, 6) is 0.788. The van der Waals surface area contributed by atoms with E-state index in [4.69, 9.17) is 5.73 Å². The van der Waals surface area contributed by atoms with Crippen LogP contribution in [0.5, 0.6) is 0 Å². The SMILES string of the molecule is Cc1nc(CCNC(=O)c2nc(N)nc3c2CCCC3)nc2c1CCC2. The number of aromatic nitrogens is 4. The molecule has 0 fully saturated rings. The van der Waals surface area contributed by atoms with E-state index < -0.39 is 0 Å². The molecular weight excluding hydrogens is 328 g/mol. The van der Waals surface area contributed by atoms with Gasteiger partial charge >= 0.3 is 0 Å². The van der Waals surface area contributed by atoms with E-state index in [2.05, 4.69) is 25.3 Å². The highest BCUT2D eigenvalue weighted by Crippen LogP contribution is 2.23. The molecular formula is C19H24N6O. The van der Waals surface area contributed by atoms with Crippen molar-refractivity contribution >= 4 is 11.9 Å². The monoisotopic (exact) mass is 352 g/mol. The number of amides is 1. The van der Waals surface area contributed by atoms with Gasteiger partial charge in [0, 0.05) is 35.6 Å². The van der Waals surface area contributed by atoms with E-state index in [-0.39, 0.29) is 11.9 Å². The van der Waals surface area contributed by atoms with Gasteiger partial charge in [-0.25, -0.2) is 19.9 Å². The molecule has 0 atom stereocenters. The van der Waals surface area contributed by atoms with Crippen molar-refractivity contribution in [3.05, 3.63) is 39.7 Å². The first-order chi connectivity index (χ1) is 12.6. The van der Waals surface area contributed by atoms with Gasteiger partial charge in [-0.05, 0) is 57.4 Å². The molecule has 0 bridgehead atoms. The van der Waals surface area contributed by atoms with Gasteiger partial charge in [0.25, 0.3) is 5.91 Å². The van der Waals surface area contributed by atoms with E-state index >= 15 is 0 Å². The van der Waals surface area contributed by atoms with Crippen LogP contribution in [0.25, 0.3) is 0 Å². The Labute approximate surface area is 152 Å². The highest BCUT2D eigenvalue weighted by atomic mass is 16.1. The molecule has 2 heterocycles. The maximum Gasteiger partial charge on any atom is 0.270 e. The van der Waals surface area contributed by atoms with Gasteiger partial charge in [0.2, 0.25) is 5.95 Å². The number of nitrogens with one attached hydrogen (secondary N) is 1. The first-order valence-corrected chi connectivity index (χ1v) is 9.40. The van der Waals surface area contributed by atoms with Gasteiger partial charge in [0.05, 0.1) is 0 Å². The summed E-state index contributed by atoms with van der Waals surface area (Å²) in [6, 6.07) is 0. The van der Waals surface area contributed by atoms with Crippen molar-refractivity contribution in [2.45, 2.75) is 58.3 Å². The predicted molar refractivity (Wildman–Crippen MR) is 97.9 cm³/mol. The van der Waals surface area contributed by atoms with E-state index in [0.717, 1.165) is 67.7 Å². The fourth-order valence-electron chi connectivity index (χ4n) is 3.97. The lowest BCUT2D eigenvalue weighted by atomic mass is 9.94. The summed E-state index contributed by atoms with van der Waals surface area (Å²) in [4.78, 5) is 30.4. The highest BCUT2D eigenvalue weighted by molar-refractivity contribution is 5.94. The number of nitrogen functional groups attached to an aromatic ring is 1. The standard InChI is InChI=1S/C19H24N6O/c1-11-12-6-4-8-14(12)23-16(22-11)9-10-21-18(26)17-13-5-2-3-7-15(13)24-19(20)25-17/h2-10H2,1H3,(H,21,26)(H2,20,24,25). The number of rotatable bonds is 4. The minimum absolute atomic E-state index is 0.174. The van der Waals surface area contributed by atoms with E-state index in [1.807, 2.05) is 6.92 Å².